The normalized spacial score (nSPS) is 20.9. The standard InChI is InChI=1S/C19H20FNO3/c20-15-8-6-14(7-9-15)17(22)10-11-21-12-18(23)19(13-21)24-16-4-2-1-3-5-16/h1-9,18-19,23H,10-13H2/t18-,19-/m1/s1. The van der Waals surface area contributed by atoms with E-state index in [-0.39, 0.29) is 17.7 Å². The number of para-hydroxylation sites is 1. The van der Waals surface area contributed by atoms with Crippen molar-refractivity contribution < 1.29 is 19.0 Å². The van der Waals surface area contributed by atoms with Crippen LogP contribution in [0.4, 0.5) is 4.39 Å². The molecule has 2 aromatic rings. The van der Waals surface area contributed by atoms with Crippen LogP contribution in [-0.4, -0.2) is 47.6 Å². The molecule has 1 aliphatic heterocycles. The number of Topliss-reactive ketones (excluding diaryl/α,β-unsaturated/α-hetero) is 1. The molecule has 3 rings (SSSR count). The number of aliphatic hydroxyl groups excluding tert-OH is 1. The molecule has 5 heteroatoms. The maximum absolute atomic E-state index is 12.9. The van der Waals surface area contributed by atoms with Gasteiger partial charge in [0.05, 0.1) is 0 Å². The van der Waals surface area contributed by atoms with Gasteiger partial charge in [-0.25, -0.2) is 4.39 Å². The van der Waals surface area contributed by atoms with Crippen LogP contribution in [0.1, 0.15) is 16.8 Å². The van der Waals surface area contributed by atoms with Crippen LogP contribution in [0.5, 0.6) is 5.75 Å². The average molecular weight is 329 g/mol. The third-order valence-corrected chi connectivity index (χ3v) is 4.16. The van der Waals surface area contributed by atoms with E-state index in [4.69, 9.17) is 4.74 Å². The van der Waals surface area contributed by atoms with Crippen molar-refractivity contribution in [3.8, 4) is 5.75 Å². The molecule has 0 unspecified atom stereocenters. The second-order valence-corrected chi connectivity index (χ2v) is 5.98. The topological polar surface area (TPSA) is 49.8 Å². The van der Waals surface area contributed by atoms with Crippen LogP contribution < -0.4 is 4.74 Å². The maximum Gasteiger partial charge on any atom is 0.164 e. The fourth-order valence-electron chi connectivity index (χ4n) is 2.84. The number of nitrogens with zero attached hydrogens (tertiary/aromatic N) is 1. The summed E-state index contributed by atoms with van der Waals surface area (Å²) in [5.74, 6) is 0.345. The number of carbonyl (C=O) groups is 1. The Balaban J connectivity index is 1.50. The third kappa shape index (κ3) is 4.19. The van der Waals surface area contributed by atoms with Crippen LogP contribution in [0.15, 0.2) is 54.6 Å². The van der Waals surface area contributed by atoms with E-state index in [0.29, 0.717) is 31.6 Å². The zero-order chi connectivity index (χ0) is 16.9. The highest BCUT2D eigenvalue weighted by atomic mass is 19.1. The molecule has 1 N–H and O–H groups in total. The van der Waals surface area contributed by atoms with Gasteiger partial charge in [-0.05, 0) is 36.4 Å². The van der Waals surface area contributed by atoms with Crippen molar-refractivity contribution in [2.24, 2.45) is 0 Å². The number of aliphatic hydroxyl groups is 1. The van der Waals surface area contributed by atoms with E-state index in [1.165, 1.54) is 24.3 Å². The molecule has 126 valence electrons. The van der Waals surface area contributed by atoms with Gasteiger partial charge in [-0.2, -0.15) is 0 Å². The molecule has 24 heavy (non-hydrogen) atoms. The van der Waals surface area contributed by atoms with Gasteiger partial charge in [0.25, 0.3) is 0 Å². The average Bonchev–Trinajstić information content (AvgIpc) is 2.94. The molecule has 2 atom stereocenters. The number of carbonyl (C=O) groups excluding carboxylic acids is 1. The lowest BCUT2D eigenvalue weighted by Crippen LogP contribution is -2.30. The molecule has 0 radical (unpaired) electrons. The molecule has 0 spiro atoms. The van der Waals surface area contributed by atoms with Gasteiger partial charge in [0, 0.05) is 31.6 Å². The minimum absolute atomic E-state index is 0.0306. The Hall–Kier alpha value is -2.24. The molecular formula is C19H20FNO3. The SMILES string of the molecule is O=C(CCN1C[C@@H](O)[C@H](Oc2ccccc2)C1)c1ccc(F)cc1. The molecule has 1 fully saturated rings. The quantitative estimate of drug-likeness (QED) is 0.828. The summed E-state index contributed by atoms with van der Waals surface area (Å²) in [6, 6.07) is 15.0. The summed E-state index contributed by atoms with van der Waals surface area (Å²) in [6.07, 6.45) is -0.546. The van der Waals surface area contributed by atoms with Crippen LogP contribution in [0.3, 0.4) is 0 Å². The Kier molecular flexibility index (Phi) is 5.23. The first-order chi connectivity index (χ1) is 11.6. The fourth-order valence-corrected chi connectivity index (χ4v) is 2.84. The van der Waals surface area contributed by atoms with Crippen molar-refractivity contribution in [1.82, 2.24) is 4.90 Å². The summed E-state index contributed by atoms with van der Waals surface area (Å²) in [7, 11) is 0. The molecule has 0 aromatic heterocycles. The van der Waals surface area contributed by atoms with Crippen molar-refractivity contribution >= 4 is 5.78 Å². The third-order valence-electron chi connectivity index (χ3n) is 4.16. The first-order valence-electron chi connectivity index (χ1n) is 8.03. The van der Waals surface area contributed by atoms with E-state index in [0.717, 1.165) is 5.75 Å². The zero-order valence-corrected chi connectivity index (χ0v) is 13.3. The van der Waals surface area contributed by atoms with Crippen molar-refractivity contribution in [1.29, 1.82) is 0 Å². The smallest absolute Gasteiger partial charge is 0.164 e. The molecule has 0 aliphatic carbocycles. The highest BCUT2D eigenvalue weighted by Gasteiger charge is 2.33. The van der Waals surface area contributed by atoms with Crippen LogP contribution in [0, 0.1) is 5.82 Å². The lowest BCUT2D eigenvalue weighted by Gasteiger charge is -2.17. The van der Waals surface area contributed by atoms with E-state index in [1.54, 1.807) is 0 Å². The number of likely N-dealkylation sites (tertiary alicyclic amines) is 1. The molecule has 0 amide bonds. The Labute approximate surface area is 140 Å². The highest BCUT2D eigenvalue weighted by Crippen LogP contribution is 2.19. The van der Waals surface area contributed by atoms with Gasteiger partial charge in [-0.1, -0.05) is 18.2 Å². The van der Waals surface area contributed by atoms with Gasteiger partial charge in [-0.15, -0.1) is 0 Å². The first-order valence-corrected chi connectivity index (χ1v) is 8.03. The molecular weight excluding hydrogens is 309 g/mol. The van der Waals surface area contributed by atoms with Gasteiger partial charge < -0.3 is 9.84 Å². The van der Waals surface area contributed by atoms with E-state index < -0.39 is 6.10 Å². The van der Waals surface area contributed by atoms with Gasteiger partial charge in [0.1, 0.15) is 23.8 Å². The number of ketones is 1. The fraction of sp³-hybridized carbons (Fsp3) is 0.316. The number of ether oxygens (including phenoxy) is 1. The molecule has 1 heterocycles. The summed E-state index contributed by atoms with van der Waals surface area (Å²) in [4.78, 5) is 14.1. The summed E-state index contributed by atoms with van der Waals surface area (Å²) in [6.45, 7) is 1.60. The maximum atomic E-state index is 12.9. The predicted octanol–water partition coefficient (Wildman–Crippen LogP) is 2.52. The van der Waals surface area contributed by atoms with E-state index in [9.17, 15) is 14.3 Å². The molecule has 4 nitrogen and oxygen atoms in total. The summed E-state index contributed by atoms with van der Waals surface area (Å²) >= 11 is 0. The first kappa shape index (κ1) is 16.6. The molecule has 2 aromatic carbocycles. The number of halogens is 1. The Morgan fingerprint density at radius 3 is 2.54 bits per heavy atom. The van der Waals surface area contributed by atoms with E-state index >= 15 is 0 Å². The second-order valence-electron chi connectivity index (χ2n) is 5.98. The Bertz CT molecular complexity index is 675. The number of hydrogen-bond donors (Lipinski definition) is 1. The van der Waals surface area contributed by atoms with E-state index in [2.05, 4.69) is 0 Å². The second kappa shape index (κ2) is 7.55. The van der Waals surface area contributed by atoms with Gasteiger partial charge in [0.2, 0.25) is 0 Å². The number of benzene rings is 2. The number of rotatable bonds is 6. The van der Waals surface area contributed by atoms with Gasteiger partial charge in [0.15, 0.2) is 5.78 Å². The van der Waals surface area contributed by atoms with Crippen LogP contribution in [0.25, 0.3) is 0 Å². The summed E-state index contributed by atoms with van der Waals surface area (Å²) in [5.41, 5.74) is 0.508. The zero-order valence-electron chi connectivity index (χ0n) is 13.3. The Morgan fingerprint density at radius 2 is 1.83 bits per heavy atom. The Morgan fingerprint density at radius 1 is 1.12 bits per heavy atom. The van der Waals surface area contributed by atoms with Gasteiger partial charge >= 0.3 is 0 Å². The molecule has 0 saturated carbocycles. The van der Waals surface area contributed by atoms with Crippen LogP contribution >= 0.6 is 0 Å². The van der Waals surface area contributed by atoms with Crippen molar-refractivity contribution in [2.45, 2.75) is 18.6 Å². The summed E-state index contributed by atoms with van der Waals surface area (Å²) in [5, 5.41) is 10.1. The minimum atomic E-state index is -0.578. The van der Waals surface area contributed by atoms with Gasteiger partial charge in [-0.3, -0.25) is 9.69 Å². The monoisotopic (exact) mass is 329 g/mol. The lowest BCUT2D eigenvalue weighted by molar-refractivity contribution is 0.0736. The van der Waals surface area contributed by atoms with Crippen LogP contribution in [0.2, 0.25) is 0 Å². The molecule has 0 bridgehead atoms. The minimum Gasteiger partial charge on any atom is -0.486 e. The van der Waals surface area contributed by atoms with Crippen LogP contribution in [-0.2, 0) is 0 Å². The summed E-state index contributed by atoms with van der Waals surface area (Å²) < 4.78 is 18.7. The predicted molar refractivity (Wildman–Crippen MR) is 88.7 cm³/mol. The number of hydrogen-bond acceptors (Lipinski definition) is 4. The van der Waals surface area contributed by atoms with E-state index in [1.807, 2.05) is 35.2 Å². The lowest BCUT2D eigenvalue weighted by atomic mass is 10.1. The van der Waals surface area contributed by atoms with Crippen molar-refractivity contribution in [2.75, 3.05) is 19.6 Å². The van der Waals surface area contributed by atoms with Crippen molar-refractivity contribution in [3.63, 3.8) is 0 Å². The van der Waals surface area contributed by atoms with Crippen molar-refractivity contribution in [3.05, 3.63) is 66.0 Å². The molecule has 1 aliphatic rings. The number of β-amino-alcohol motifs (C(OH)–C–C–N with tert-alkyl or cyclic N) is 1. The molecule has 1 saturated heterocycles. The largest absolute Gasteiger partial charge is 0.486 e. The highest BCUT2D eigenvalue weighted by molar-refractivity contribution is 5.96.